The molecule has 2 saturated carbocycles. The number of hydrogen-bond donors (Lipinski definition) is 1. The second-order valence-corrected chi connectivity index (χ2v) is 8.41. The number of ketones is 2. The van der Waals surface area contributed by atoms with Gasteiger partial charge in [0.05, 0.1) is 0 Å². The van der Waals surface area contributed by atoms with Crippen molar-refractivity contribution in [3.8, 4) is 0 Å². The Bertz CT molecular complexity index is 746. The molecule has 138 valence electrons. The van der Waals surface area contributed by atoms with Gasteiger partial charge in [-0.15, -0.1) is 0 Å². The van der Waals surface area contributed by atoms with Crippen LogP contribution in [0.4, 0.5) is 0 Å². The number of hydrogen-bond acceptors (Lipinski definition) is 3. The van der Waals surface area contributed by atoms with Crippen molar-refractivity contribution < 1.29 is 14.7 Å². The van der Waals surface area contributed by atoms with E-state index in [2.05, 4.69) is 0 Å². The summed E-state index contributed by atoms with van der Waals surface area (Å²) in [6.45, 7) is 0. The van der Waals surface area contributed by atoms with E-state index in [0.717, 1.165) is 30.6 Å². The SMILES string of the molecule is O=C1C(=O)c2ccccc2C(O)=C1CCC[C@@H]1CC[C@@H]2CCCC[C@@H]2C1. The van der Waals surface area contributed by atoms with Gasteiger partial charge in [-0.3, -0.25) is 9.59 Å². The third-order valence-corrected chi connectivity index (χ3v) is 6.88. The van der Waals surface area contributed by atoms with Gasteiger partial charge < -0.3 is 5.11 Å². The summed E-state index contributed by atoms with van der Waals surface area (Å²) >= 11 is 0. The molecule has 3 nitrogen and oxygen atoms in total. The van der Waals surface area contributed by atoms with Crippen molar-refractivity contribution >= 4 is 17.3 Å². The van der Waals surface area contributed by atoms with Crippen LogP contribution in [-0.4, -0.2) is 16.7 Å². The van der Waals surface area contributed by atoms with E-state index in [1.807, 2.05) is 0 Å². The number of carbonyl (C=O) groups excluding carboxylic acids is 2. The van der Waals surface area contributed by atoms with Gasteiger partial charge in [0.2, 0.25) is 11.6 Å². The summed E-state index contributed by atoms with van der Waals surface area (Å²) in [5.74, 6) is 1.65. The molecule has 0 unspecified atom stereocenters. The Kier molecular flexibility index (Phi) is 4.97. The summed E-state index contributed by atoms with van der Waals surface area (Å²) < 4.78 is 0. The summed E-state index contributed by atoms with van der Waals surface area (Å²) in [5, 5.41) is 10.5. The molecule has 3 aliphatic rings. The van der Waals surface area contributed by atoms with Crippen LogP contribution in [0.2, 0.25) is 0 Å². The highest BCUT2D eigenvalue weighted by Gasteiger charge is 2.34. The van der Waals surface area contributed by atoms with E-state index in [1.165, 1.54) is 44.9 Å². The average Bonchev–Trinajstić information content (AvgIpc) is 2.69. The third kappa shape index (κ3) is 3.24. The Morgan fingerprint density at radius 3 is 2.42 bits per heavy atom. The molecule has 2 fully saturated rings. The second kappa shape index (κ2) is 7.38. The van der Waals surface area contributed by atoms with Crippen molar-refractivity contribution in [2.24, 2.45) is 17.8 Å². The molecule has 0 heterocycles. The zero-order valence-corrected chi connectivity index (χ0v) is 15.4. The van der Waals surface area contributed by atoms with Crippen molar-refractivity contribution in [3.63, 3.8) is 0 Å². The molecule has 0 saturated heterocycles. The lowest BCUT2D eigenvalue weighted by Crippen LogP contribution is -2.28. The van der Waals surface area contributed by atoms with Gasteiger partial charge in [0.25, 0.3) is 0 Å². The van der Waals surface area contributed by atoms with E-state index in [0.29, 0.717) is 23.1 Å². The molecule has 0 aliphatic heterocycles. The first-order valence-electron chi connectivity index (χ1n) is 10.3. The maximum Gasteiger partial charge on any atom is 0.234 e. The fourth-order valence-corrected chi connectivity index (χ4v) is 5.45. The number of benzene rings is 1. The van der Waals surface area contributed by atoms with Crippen molar-refractivity contribution in [3.05, 3.63) is 41.0 Å². The number of rotatable bonds is 4. The summed E-state index contributed by atoms with van der Waals surface area (Å²) in [6, 6.07) is 6.85. The van der Waals surface area contributed by atoms with Gasteiger partial charge in [0.1, 0.15) is 5.76 Å². The van der Waals surface area contributed by atoms with Crippen LogP contribution in [0.5, 0.6) is 0 Å². The van der Waals surface area contributed by atoms with E-state index in [4.69, 9.17) is 0 Å². The fourth-order valence-electron chi connectivity index (χ4n) is 5.45. The first kappa shape index (κ1) is 17.5. The van der Waals surface area contributed by atoms with Gasteiger partial charge in [0, 0.05) is 16.7 Å². The molecule has 4 rings (SSSR count). The average molecular weight is 352 g/mol. The maximum atomic E-state index is 12.4. The first-order chi connectivity index (χ1) is 12.6. The Balaban J connectivity index is 1.39. The van der Waals surface area contributed by atoms with Crippen molar-refractivity contribution in [2.75, 3.05) is 0 Å². The van der Waals surface area contributed by atoms with E-state index in [9.17, 15) is 14.7 Å². The zero-order valence-electron chi connectivity index (χ0n) is 15.4. The van der Waals surface area contributed by atoms with Gasteiger partial charge in [-0.1, -0.05) is 62.8 Å². The Morgan fingerprint density at radius 2 is 1.62 bits per heavy atom. The summed E-state index contributed by atoms with van der Waals surface area (Å²) in [5.41, 5.74) is 1.16. The smallest absolute Gasteiger partial charge is 0.234 e. The van der Waals surface area contributed by atoms with Gasteiger partial charge in [-0.05, 0) is 43.4 Å². The van der Waals surface area contributed by atoms with Crippen LogP contribution in [-0.2, 0) is 4.79 Å². The molecule has 3 atom stereocenters. The molecular weight excluding hydrogens is 324 g/mol. The number of Topliss-reactive ketones (excluding diaryl/α,β-unsaturated/α-hetero) is 2. The van der Waals surface area contributed by atoms with Gasteiger partial charge >= 0.3 is 0 Å². The first-order valence-corrected chi connectivity index (χ1v) is 10.3. The molecule has 1 N–H and O–H groups in total. The van der Waals surface area contributed by atoms with Crippen LogP contribution in [0.15, 0.2) is 29.8 Å². The minimum absolute atomic E-state index is 0.0150. The van der Waals surface area contributed by atoms with Crippen molar-refractivity contribution in [1.82, 2.24) is 0 Å². The summed E-state index contributed by atoms with van der Waals surface area (Å²) in [6.07, 6.45) is 12.1. The number of aliphatic hydroxyl groups is 1. The quantitative estimate of drug-likeness (QED) is 0.728. The van der Waals surface area contributed by atoms with E-state index < -0.39 is 11.6 Å². The molecule has 0 aromatic heterocycles. The van der Waals surface area contributed by atoms with Gasteiger partial charge in [-0.2, -0.15) is 0 Å². The monoisotopic (exact) mass is 352 g/mol. The van der Waals surface area contributed by atoms with Crippen molar-refractivity contribution in [1.29, 1.82) is 0 Å². The molecule has 0 radical (unpaired) electrons. The topological polar surface area (TPSA) is 54.4 Å². The predicted molar refractivity (Wildman–Crippen MR) is 102 cm³/mol. The number of carbonyl (C=O) groups is 2. The molecule has 3 aliphatic carbocycles. The van der Waals surface area contributed by atoms with Crippen LogP contribution in [0, 0.1) is 17.8 Å². The number of aliphatic hydroxyl groups excluding tert-OH is 1. The largest absolute Gasteiger partial charge is 0.507 e. The normalized spacial score (nSPS) is 28.7. The van der Waals surface area contributed by atoms with E-state index in [1.54, 1.807) is 24.3 Å². The lowest BCUT2D eigenvalue weighted by Gasteiger charge is -2.39. The minimum atomic E-state index is -0.516. The molecule has 1 aromatic rings. The van der Waals surface area contributed by atoms with Crippen LogP contribution in [0.3, 0.4) is 0 Å². The maximum absolute atomic E-state index is 12.4. The van der Waals surface area contributed by atoms with Crippen LogP contribution < -0.4 is 0 Å². The fraction of sp³-hybridized carbons (Fsp3) is 0.565. The second-order valence-electron chi connectivity index (χ2n) is 8.41. The van der Waals surface area contributed by atoms with Crippen LogP contribution in [0.25, 0.3) is 5.76 Å². The highest BCUT2D eigenvalue weighted by atomic mass is 16.3. The van der Waals surface area contributed by atoms with Crippen LogP contribution >= 0.6 is 0 Å². The predicted octanol–water partition coefficient (Wildman–Crippen LogP) is 5.50. The molecular formula is C23H28O3. The number of allylic oxidation sites excluding steroid dienone is 1. The van der Waals surface area contributed by atoms with Crippen molar-refractivity contribution in [2.45, 2.75) is 64.2 Å². The Hall–Kier alpha value is -1.90. The molecule has 3 heteroatoms. The van der Waals surface area contributed by atoms with E-state index >= 15 is 0 Å². The van der Waals surface area contributed by atoms with E-state index in [-0.39, 0.29) is 5.76 Å². The Morgan fingerprint density at radius 1 is 0.885 bits per heavy atom. The zero-order chi connectivity index (χ0) is 18.1. The highest BCUT2D eigenvalue weighted by Crippen LogP contribution is 2.44. The molecule has 0 spiro atoms. The minimum Gasteiger partial charge on any atom is -0.507 e. The molecule has 26 heavy (non-hydrogen) atoms. The Labute approximate surface area is 155 Å². The molecule has 0 bridgehead atoms. The highest BCUT2D eigenvalue weighted by molar-refractivity contribution is 6.52. The van der Waals surface area contributed by atoms with Gasteiger partial charge in [-0.25, -0.2) is 0 Å². The third-order valence-electron chi connectivity index (χ3n) is 6.88. The number of fused-ring (bicyclic) bond motifs is 2. The van der Waals surface area contributed by atoms with Gasteiger partial charge in [0.15, 0.2) is 0 Å². The summed E-state index contributed by atoms with van der Waals surface area (Å²) in [7, 11) is 0. The van der Waals surface area contributed by atoms with Crippen LogP contribution in [0.1, 0.15) is 80.1 Å². The standard InChI is InChI=1S/C23H28O3/c24-21-18-9-3-4-10-19(18)22(25)23(26)20(21)11-5-6-15-12-13-16-7-1-2-8-17(16)14-15/h3-4,9-10,15-17,24H,1-2,5-8,11-14H2/t15-,16+,17-/m1/s1. The lowest BCUT2D eigenvalue weighted by molar-refractivity contribution is -0.112. The summed E-state index contributed by atoms with van der Waals surface area (Å²) in [4.78, 5) is 24.7. The molecule has 0 amide bonds. The lowest BCUT2D eigenvalue weighted by atomic mass is 9.66. The molecule has 1 aromatic carbocycles.